The van der Waals surface area contributed by atoms with Gasteiger partial charge in [-0.2, -0.15) is 13.2 Å². The molecule has 2 aromatic heterocycles. The number of aryl methyl sites for hydroxylation is 1. The summed E-state index contributed by atoms with van der Waals surface area (Å²) >= 11 is 12.0. The number of alkyl halides is 3. The third-order valence-corrected chi connectivity index (χ3v) is 4.63. The van der Waals surface area contributed by atoms with E-state index in [-0.39, 0.29) is 10.6 Å². The number of nitrogens with one attached hydrogen (secondary N) is 3. The number of hydrogen-bond donors (Lipinski definition) is 4. The summed E-state index contributed by atoms with van der Waals surface area (Å²) < 4.78 is 31.7. The molecule has 4 N–H and O–H groups in total. The fourth-order valence-corrected chi connectivity index (χ4v) is 2.75. The molecule has 2 heterocycles. The molecule has 0 aliphatic heterocycles. The molecular formula is C18H15Cl2F3N4O4. The highest BCUT2D eigenvalue weighted by Crippen LogP contribution is 2.28. The lowest BCUT2D eigenvalue weighted by Crippen LogP contribution is -2.30. The maximum absolute atomic E-state index is 12.2. The lowest BCUT2D eigenvalue weighted by atomic mass is 10.1. The molecule has 0 saturated carbocycles. The van der Waals surface area contributed by atoms with E-state index >= 15 is 0 Å². The average Bonchev–Trinajstić information content (AvgIpc) is 3.21. The summed E-state index contributed by atoms with van der Waals surface area (Å²) in [6.07, 6.45) is -0.221. The Morgan fingerprint density at radius 3 is 2.48 bits per heavy atom. The second-order valence-electron chi connectivity index (χ2n) is 6.04. The molecule has 8 nitrogen and oxygen atoms in total. The molecule has 1 aromatic carbocycles. The highest BCUT2D eigenvalue weighted by molar-refractivity contribution is 6.45. The number of carboxylic acid groups (broad SMARTS) is 1. The molecule has 3 rings (SSSR count). The van der Waals surface area contributed by atoms with Gasteiger partial charge >= 0.3 is 12.1 Å². The number of H-pyrrole nitrogens is 2. The van der Waals surface area contributed by atoms with E-state index in [1.807, 2.05) is 0 Å². The van der Waals surface area contributed by atoms with Crippen LogP contribution in [0.25, 0.3) is 10.9 Å². The highest BCUT2D eigenvalue weighted by atomic mass is 35.5. The number of halogens is 5. The van der Waals surface area contributed by atoms with Crippen LogP contribution in [0.15, 0.2) is 35.4 Å². The van der Waals surface area contributed by atoms with Crippen molar-refractivity contribution in [1.29, 1.82) is 0 Å². The van der Waals surface area contributed by atoms with Gasteiger partial charge in [0, 0.05) is 30.7 Å². The van der Waals surface area contributed by atoms with Crippen molar-refractivity contribution in [3.8, 4) is 0 Å². The monoisotopic (exact) mass is 478 g/mol. The number of carboxylic acids is 1. The Morgan fingerprint density at radius 1 is 1.23 bits per heavy atom. The molecule has 31 heavy (non-hydrogen) atoms. The van der Waals surface area contributed by atoms with Crippen molar-refractivity contribution in [2.75, 3.05) is 6.54 Å². The molecule has 166 valence electrons. The summed E-state index contributed by atoms with van der Waals surface area (Å²) in [6, 6.07) is 4.83. The van der Waals surface area contributed by atoms with E-state index in [1.165, 1.54) is 6.07 Å². The Hall–Kier alpha value is -3.05. The molecule has 0 fully saturated rings. The van der Waals surface area contributed by atoms with Gasteiger partial charge in [0.15, 0.2) is 0 Å². The van der Waals surface area contributed by atoms with Crippen LogP contribution in [0, 0.1) is 0 Å². The number of hydrogen-bond acceptors (Lipinski definition) is 4. The van der Waals surface area contributed by atoms with Gasteiger partial charge in [0.05, 0.1) is 15.6 Å². The first kappa shape index (κ1) is 24.2. The largest absolute Gasteiger partial charge is 0.490 e. The first-order valence-corrected chi connectivity index (χ1v) is 9.34. The van der Waals surface area contributed by atoms with Gasteiger partial charge < -0.3 is 20.4 Å². The van der Waals surface area contributed by atoms with Crippen LogP contribution in [0.1, 0.15) is 22.6 Å². The topological polar surface area (TPSA) is 128 Å². The molecular weight excluding hydrogens is 464 g/mol. The number of nitrogens with zero attached hydrogens (tertiary/aromatic N) is 1. The van der Waals surface area contributed by atoms with Crippen LogP contribution in [0.3, 0.4) is 0 Å². The van der Waals surface area contributed by atoms with Crippen molar-refractivity contribution in [3.63, 3.8) is 0 Å². The molecule has 0 aliphatic carbocycles. The highest BCUT2D eigenvalue weighted by Gasteiger charge is 2.38. The van der Waals surface area contributed by atoms with E-state index in [1.54, 1.807) is 24.5 Å². The Bertz CT molecular complexity index is 1130. The minimum atomic E-state index is -5.08. The first-order valence-electron chi connectivity index (χ1n) is 8.58. The van der Waals surface area contributed by atoms with Crippen molar-refractivity contribution in [3.05, 3.63) is 62.4 Å². The quantitative estimate of drug-likeness (QED) is 0.417. The van der Waals surface area contributed by atoms with Crippen LogP contribution in [0.5, 0.6) is 0 Å². The van der Waals surface area contributed by atoms with E-state index in [9.17, 15) is 22.8 Å². The molecule has 0 aliphatic rings. The van der Waals surface area contributed by atoms with Crippen molar-refractivity contribution >= 4 is 46.0 Å². The number of imidazole rings is 1. The van der Waals surface area contributed by atoms with Gasteiger partial charge in [-0.1, -0.05) is 29.3 Å². The molecule has 1 amide bonds. The molecule has 0 unspecified atom stereocenters. The van der Waals surface area contributed by atoms with Crippen molar-refractivity contribution in [2.24, 2.45) is 0 Å². The predicted molar refractivity (Wildman–Crippen MR) is 108 cm³/mol. The number of benzene rings is 1. The van der Waals surface area contributed by atoms with Gasteiger partial charge in [-0.3, -0.25) is 9.59 Å². The Labute approximate surface area is 182 Å². The van der Waals surface area contributed by atoms with E-state index in [2.05, 4.69) is 20.3 Å². The maximum Gasteiger partial charge on any atom is 0.490 e. The summed E-state index contributed by atoms with van der Waals surface area (Å²) in [5, 5.41) is 11.1. The summed E-state index contributed by atoms with van der Waals surface area (Å²) in [5.74, 6) is -2.32. The summed E-state index contributed by atoms with van der Waals surface area (Å²) in [4.78, 5) is 42.9. The zero-order valence-corrected chi connectivity index (χ0v) is 17.0. The smallest absolute Gasteiger partial charge is 0.475 e. The van der Waals surface area contributed by atoms with Crippen LogP contribution in [0.4, 0.5) is 13.2 Å². The van der Waals surface area contributed by atoms with Gasteiger partial charge in [-0.05, 0) is 18.6 Å². The third-order valence-electron chi connectivity index (χ3n) is 3.83. The van der Waals surface area contributed by atoms with Crippen molar-refractivity contribution in [1.82, 2.24) is 20.3 Å². The van der Waals surface area contributed by atoms with Crippen LogP contribution in [0.2, 0.25) is 10.0 Å². The Kier molecular flexibility index (Phi) is 8.06. The SMILES string of the molecule is O=C(NCCCc1ncc[nH]1)c1cc2ccc(Cl)c(Cl)c2[nH]c1=O.O=C(O)C(F)(F)F. The minimum absolute atomic E-state index is 0.0406. The fourth-order valence-electron chi connectivity index (χ4n) is 2.37. The number of aliphatic carboxylic acids is 1. The first-order chi connectivity index (χ1) is 14.5. The molecule has 0 atom stereocenters. The van der Waals surface area contributed by atoms with Crippen LogP contribution >= 0.6 is 23.2 Å². The van der Waals surface area contributed by atoms with Gasteiger partial charge in [-0.25, -0.2) is 9.78 Å². The number of rotatable bonds is 5. The number of fused-ring (bicyclic) bond motifs is 1. The number of aromatic amines is 2. The van der Waals surface area contributed by atoms with Crippen molar-refractivity contribution < 1.29 is 27.9 Å². The zero-order valence-electron chi connectivity index (χ0n) is 15.5. The lowest BCUT2D eigenvalue weighted by Gasteiger charge is -2.07. The second-order valence-corrected chi connectivity index (χ2v) is 6.82. The Morgan fingerprint density at radius 2 is 1.90 bits per heavy atom. The predicted octanol–water partition coefficient (Wildman–Crippen LogP) is 3.55. The van der Waals surface area contributed by atoms with Crippen LogP contribution in [-0.4, -0.2) is 44.7 Å². The standard InChI is InChI=1S/C16H14Cl2N4O2.C2HF3O2/c17-11-4-3-9-8-10(16(24)22-14(9)13(11)18)15(23)21-5-1-2-12-19-6-7-20-12;3-2(4,5)1(6)7/h3-4,6-8H,1-2,5H2,(H,19,20)(H,21,23)(H,22,24);(H,6,7). The molecule has 3 aromatic rings. The number of pyridine rings is 1. The van der Waals surface area contributed by atoms with E-state index < -0.39 is 23.6 Å². The molecule has 13 heteroatoms. The van der Waals surface area contributed by atoms with E-state index in [4.69, 9.17) is 33.1 Å². The number of carbonyl (C=O) groups excluding carboxylic acids is 1. The summed E-state index contributed by atoms with van der Waals surface area (Å²) in [5.41, 5.74) is -0.0439. The third kappa shape index (κ3) is 6.72. The maximum atomic E-state index is 12.2. The molecule has 0 spiro atoms. The number of aromatic nitrogens is 3. The summed E-state index contributed by atoms with van der Waals surface area (Å²) in [6.45, 7) is 0.443. The van der Waals surface area contributed by atoms with Crippen LogP contribution in [-0.2, 0) is 11.2 Å². The van der Waals surface area contributed by atoms with Gasteiger partial charge in [0.2, 0.25) is 0 Å². The van der Waals surface area contributed by atoms with Crippen molar-refractivity contribution in [2.45, 2.75) is 19.0 Å². The second kappa shape index (κ2) is 10.3. The van der Waals surface area contributed by atoms with E-state index in [0.717, 1.165) is 12.2 Å². The normalized spacial score (nSPS) is 11.0. The Balaban J connectivity index is 0.000000423. The average molecular weight is 479 g/mol. The number of amides is 1. The van der Waals surface area contributed by atoms with Gasteiger partial charge in [0.25, 0.3) is 11.5 Å². The van der Waals surface area contributed by atoms with Crippen LogP contribution < -0.4 is 10.9 Å². The fraction of sp³-hybridized carbons (Fsp3) is 0.222. The molecule has 0 bridgehead atoms. The summed E-state index contributed by atoms with van der Waals surface area (Å²) in [7, 11) is 0. The number of carbonyl (C=O) groups is 2. The molecule has 0 radical (unpaired) electrons. The lowest BCUT2D eigenvalue weighted by molar-refractivity contribution is -0.192. The van der Waals surface area contributed by atoms with Gasteiger partial charge in [0.1, 0.15) is 11.4 Å². The molecule has 0 saturated heterocycles. The zero-order chi connectivity index (χ0) is 23.2. The van der Waals surface area contributed by atoms with Gasteiger partial charge in [-0.15, -0.1) is 0 Å². The minimum Gasteiger partial charge on any atom is -0.475 e. The van der Waals surface area contributed by atoms with E-state index in [0.29, 0.717) is 28.9 Å².